The van der Waals surface area contributed by atoms with Crippen molar-refractivity contribution >= 4 is 41.5 Å². The van der Waals surface area contributed by atoms with Crippen molar-refractivity contribution in [3.05, 3.63) is 34.9 Å². The Labute approximate surface area is 167 Å². The number of nitrogens with zero attached hydrogens (tertiary/aromatic N) is 2. The molecule has 0 aliphatic carbocycles. The average molecular weight is 467 g/mol. The number of hydrogen-bond donors (Lipinski definition) is 2. The fraction of sp³-hybridized carbons (Fsp3) is 0.588. The van der Waals surface area contributed by atoms with Gasteiger partial charge < -0.3 is 15.4 Å². The van der Waals surface area contributed by atoms with Crippen molar-refractivity contribution < 1.29 is 4.74 Å². The Morgan fingerprint density at radius 2 is 1.88 bits per heavy atom. The highest BCUT2D eigenvalue weighted by atomic mass is 127. The zero-order chi connectivity index (χ0) is 16.7. The molecule has 0 bridgehead atoms. The van der Waals surface area contributed by atoms with E-state index in [1.165, 1.54) is 5.56 Å². The summed E-state index contributed by atoms with van der Waals surface area (Å²) in [5.41, 5.74) is 1.25. The smallest absolute Gasteiger partial charge is 0.191 e. The van der Waals surface area contributed by atoms with E-state index >= 15 is 0 Å². The number of nitrogens with one attached hydrogen (secondary N) is 2. The first kappa shape index (κ1) is 21.5. The van der Waals surface area contributed by atoms with Gasteiger partial charge in [-0.15, -0.1) is 24.0 Å². The third kappa shape index (κ3) is 6.74. The van der Waals surface area contributed by atoms with Crippen molar-refractivity contribution in [2.75, 3.05) is 39.9 Å². The van der Waals surface area contributed by atoms with E-state index in [0.717, 1.165) is 43.8 Å². The zero-order valence-corrected chi connectivity index (χ0v) is 17.7. The van der Waals surface area contributed by atoms with Crippen LogP contribution in [-0.4, -0.2) is 56.8 Å². The Kier molecular flexibility index (Phi) is 9.95. The van der Waals surface area contributed by atoms with Gasteiger partial charge in [0.25, 0.3) is 0 Å². The Balaban J connectivity index is 0.00000288. The molecule has 7 heteroatoms. The van der Waals surface area contributed by atoms with E-state index < -0.39 is 0 Å². The van der Waals surface area contributed by atoms with Gasteiger partial charge in [-0.25, -0.2) is 0 Å². The summed E-state index contributed by atoms with van der Waals surface area (Å²) in [4.78, 5) is 6.73. The Morgan fingerprint density at radius 3 is 2.42 bits per heavy atom. The molecule has 1 aromatic rings. The third-order valence-electron chi connectivity index (χ3n) is 3.85. The van der Waals surface area contributed by atoms with Crippen molar-refractivity contribution in [3.8, 4) is 0 Å². The SMILES string of the molecule is CN=C(NCC(c1ccc(Cl)cc1)N1CCOCC1)NC(C)C.I. The van der Waals surface area contributed by atoms with Crippen LogP contribution in [0.25, 0.3) is 0 Å². The molecule has 1 unspecified atom stereocenters. The third-order valence-corrected chi connectivity index (χ3v) is 4.11. The topological polar surface area (TPSA) is 48.9 Å². The highest BCUT2D eigenvalue weighted by Crippen LogP contribution is 2.23. The van der Waals surface area contributed by atoms with Gasteiger partial charge in [-0.3, -0.25) is 9.89 Å². The maximum Gasteiger partial charge on any atom is 0.191 e. The van der Waals surface area contributed by atoms with E-state index in [1.807, 2.05) is 12.1 Å². The second-order valence-corrected chi connectivity index (χ2v) is 6.40. The maximum atomic E-state index is 6.03. The molecule has 1 saturated heterocycles. The average Bonchev–Trinajstić information content (AvgIpc) is 2.56. The fourth-order valence-corrected chi connectivity index (χ4v) is 2.82. The molecule has 136 valence electrons. The summed E-state index contributed by atoms with van der Waals surface area (Å²) in [5, 5.41) is 7.52. The van der Waals surface area contributed by atoms with Crippen molar-refractivity contribution in [2.45, 2.75) is 25.9 Å². The van der Waals surface area contributed by atoms with Gasteiger partial charge in [-0.05, 0) is 31.5 Å². The Bertz CT molecular complexity index is 504. The Hall–Kier alpha value is -0.570. The summed E-state index contributed by atoms with van der Waals surface area (Å²) < 4.78 is 5.48. The lowest BCUT2D eigenvalue weighted by atomic mass is 10.0. The van der Waals surface area contributed by atoms with Crippen LogP contribution in [0.2, 0.25) is 5.02 Å². The maximum absolute atomic E-state index is 6.03. The van der Waals surface area contributed by atoms with Gasteiger partial charge in [0, 0.05) is 37.7 Å². The van der Waals surface area contributed by atoms with E-state index in [-0.39, 0.29) is 30.0 Å². The number of morpholine rings is 1. The monoisotopic (exact) mass is 466 g/mol. The standard InChI is InChI=1S/C17H27ClN4O.HI/c1-13(2)21-17(19-3)20-12-16(22-8-10-23-11-9-22)14-4-6-15(18)7-5-14;/h4-7,13,16H,8-12H2,1-3H3,(H2,19,20,21);1H. The van der Waals surface area contributed by atoms with Crippen molar-refractivity contribution in [1.82, 2.24) is 15.5 Å². The molecule has 1 aliphatic heterocycles. The van der Waals surface area contributed by atoms with Gasteiger partial charge in [-0.1, -0.05) is 23.7 Å². The van der Waals surface area contributed by atoms with E-state index in [2.05, 4.69) is 46.5 Å². The minimum Gasteiger partial charge on any atom is -0.379 e. The lowest BCUT2D eigenvalue weighted by Gasteiger charge is -2.35. The van der Waals surface area contributed by atoms with Crippen LogP contribution in [0.5, 0.6) is 0 Å². The minimum atomic E-state index is 0. The molecule has 0 aromatic heterocycles. The zero-order valence-electron chi connectivity index (χ0n) is 14.6. The predicted octanol–water partition coefficient (Wildman–Crippen LogP) is 2.90. The number of hydrogen-bond acceptors (Lipinski definition) is 3. The van der Waals surface area contributed by atoms with Crippen LogP contribution in [-0.2, 0) is 4.74 Å². The van der Waals surface area contributed by atoms with Crippen LogP contribution in [0, 0.1) is 0 Å². The summed E-state index contributed by atoms with van der Waals surface area (Å²) >= 11 is 6.03. The summed E-state index contributed by atoms with van der Waals surface area (Å²) in [6, 6.07) is 8.71. The molecule has 1 aromatic carbocycles. The van der Waals surface area contributed by atoms with Crippen LogP contribution < -0.4 is 10.6 Å². The van der Waals surface area contributed by atoms with Gasteiger partial charge in [-0.2, -0.15) is 0 Å². The fourth-order valence-electron chi connectivity index (χ4n) is 2.69. The van der Waals surface area contributed by atoms with Crippen LogP contribution >= 0.6 is 35.6 Å². The quantitative estimate of drug-likeness (QED) is 0.398. The van der Waals surface area contributed by atoms with Crippen molar-refractivity contribution in [3.63, 3.8) is 0 Å². The normalized spacial score (nSPS) is 17.3. The summed E-state index contributed by atoms with van der Waals surface area (Å²) in [6.45, 7) is 8.42. The van der Waals surface area contributed by atoms with Gasteiger partial charge in [0.15, 0.2) is 5.96 Å². The summed E-state index contributed by atoms with van der Waals surface area (Å²) in [5.74, 6) is 0.826. The molecule has 0 amide bonds. The number of benzene rings is 1. The predicted molar refractivity (Wildman–Crippen MR) is 112 cm³/mol. The number of guanidine groups is 1. The lowest BCUT2D eigenvalue weighted by molar-refractivity contribution is 0.0170. The molecule has 2 N–H and O–H groups in total. The molecule has 5 nitrogen and oxygen atoms in total. The second kappa shape index (κ2) is 11.1. The molecule has 1 fully saturated rings. The van der Waals surface area contributed by atoms with Gasteiger partial charge in [0.05, 0.1) is 19.3 Å². The first-order chi connectivity index (χ1) is 11.1. The highest BCUT2D eigenvalue weighted by Gasteiger charge is 2.23. The number of aliphatic imine (C=N–C) groups is 1. The van der Waals surface area contributed by atoms with Gasteiger partial charge >= 0.3 is 0 Å². The molecule has 0 spiro atoms. The van der Waals surface area contributed by atoms with Crippen LogP contribution in [0.4, 0.5) is 0 Å². The number of halogens is 2. The molecular weight excluding hydrogens is 439 g/mol. The Morgan fingerprint density at radius 1 is 1.25 bits per heavy atom. The van der Waals surface area contributed by atoms with Crippen LogP contribution in [0.15, 0.2) is 29.3 Å². The molecule has 0 radical (unpaired) electrons. The second-order valence-electron chi connectivity index (χ2n) is 5.97. The van der Waals surface area contributed by atoms with E-state index in [1.54, 1.807) is 7.05 Å². The molecule has 1 heterocycles. The van der Waals surface area contributed by atoms with Gasteiger partial charge in [0.2, 0.25) is 0 Å². The summed E-state index contributed by atoms with van der Waals surface area (Å²) in [7, 11) is 1.80. The van der Waals surface area contributed by atoms with E-state index in [0.29, 0.717) is 6.04 Å². The highest BCUT2D eigenvalue weighted by molar-refractivity contribution is 14.0. The minimum absolute atomic E-state index is 0. The molecule has 1 atom stereocenters. The van der Waals surface area contributed by atoms with Gasteiger partial charge in [0.1, 0.15) is 0 Å². The first-order valence-electron chi connectivity index (χ1n) is 8.14. The van der Waals surface area contributed by atoms with E-state index in [9.17, 15) is 0 Å². The number of rotatable bonds is 5. The van der Waals surface area contributed by atoms with Crippen molar-refractivity contribution in [2.24, 2.45) is 4.99 Å². The molecular formula is C17H28ClIN4O. The molecule has 0 saturated carbocycles. The largest absolute Gasteiger partial charge is 0.379 e. The van der Waals surface area contributed by atoms with Crippen LogP contribution in [0.3, 0.4) is 0 Å². The van der Waals surface area contributed by atoms with Crippen molar-refractivity contribution in [1.29, 1.82) is 0 Å². The van der Waals surface area contributed by atoms with E-state index in [4.69, 9.17) is 16.3 Å². The number of ether oxygens (including phenoxy) is 1. The molecule has 1 aliphatic rings. The summed E-state index contributed by atoms with van der Waals surface area (Å²) in [6.07, 6.45) is 0. The molecule has 2 rings (SSSR count). The van der Waals surface area contributed by atoms with Crippen LogP contribution in [0.1, 0.15) is 25.5 Å². The molecule has 24 heavy (non-hydrogen) atoms. The first-order valence-corrected chi connectivity index (χ1v) is 8.52. The lowest BCUT2D eigenvalue weighted by Crippen LogP contribution is -2.47.